The average molecular weight is 279 g/mol. The summed E-state index contributed by atoms with van der Waals surface area (Å²) in [6, 6.07) is 1.24. The third kappa shape index (κ3) is 3.74. The molecule has 7 heteroatoms. The smallest absolute Gasteiger partial charge is 0.270 e. The lowest BCUT2D eigenvalue weighted by atomic mass is 10.3. The molecule has 0 bridgehead atoms. The maximum Gasteiger partial charge on any atom is 0.270 e. The molecule has 0 radical (unpaired) electrons. The first-order chi connectivity index (χ1) is 7.86. The summed E-state index contributed by atoms with van der Waals surface area (Å²) in [6.07, 6.45) is 3.11. The second kappa shape index (κ2) is 5.55. The summed E-state index contributed by atoms with van der Waals surface area (Å²) in [4.78, 5) is 15.9. The van der Waals surface area contributed by atoms with Crippen LogP contribution in [0, 0.1) is 0 Å². The van der Waals surface area contributed by atoms with Crippen LogP contribution in [-0.4, -0.2) is 37.8 Å². The van der Waals surface area contributed by atoms with Gasteiger partial charge in [0.15, 0.2) is 0 Å². The fraction of sp³-hybridized carbons (Fsp3) is 0.500. The molecule has 0 aromatic carbocycles. The number of aromatic nitrogens is 1. The van der Waals surface area contributed by atoms with E-state index in [-0.39, 0.29) is 16.5 Å². The van der Waals surface area contributed by atoms with Gasteiger partial charge in [0.2, 0.25) is 0 Å². The zero-order valence-electron chi connectivity index (χ0n) is 9.73. The first-order valence-corrected chi connectivity index (χ1v) is 7.55. The van der Waals surface area contributed by atoms with Crippen LogP contribution in [0.1, 0.15) is 30.3 Å². The SMILES string of the molecule is CCCCN(C)C(=O)c1cc(S(=O)(=O)Cl)c[nH]1. The molecule has 0 spiro atoms. The highest BCUT2D eigenvalue weighted by atomic mass is 35.7. The van der Waals surface area contributed by atoms with Crippen LogP contribution in [0.2, 0.25) is 0 Å². The maximum absolute atomic E-state index is 11.8. The van der Waals surface area contributed by atoms with Crippen molar-refractivity contribution in [3.05, 3.63) is 18.0 Å². The normalized spacial score (nSPS) is 11.5. The van der Waals surface area contributed by atoms with Gasteiger partial charge in [-0.15, -0.1) is 0 Å². The summed E-state index contributed by atoms with van der Waals surface area (Å²) in [5.41, 5.74) is 0.225. The number of hydrogen-bond donors (Lipinski definition) is 1. The van der Waals surface area contributed by atoms with E-state index in [1.54, 1.807) is 11.9 Å². The van der Waals surface area contributed by atoms with E-state index in [1.807, 2.05) is 6.92 Å². The molecule has 0 unspecified atom stereocenters. The molecule has 1 N–H and O–H groups in total. The molecule has 1 heterocycles. The van der Waals surface area contributed by atoms with Gasteiger partial charge in [-0.3, -0.25) is 4.79 Å². The van der Waals surface area contributed by atoms with E-state index in [0.717, 1.165) is 12.8 Å². The molecule has 17 heavy (non-hydrogen) atoms. The quantitative estimate of drug-likeness (QED) is 0.835. The number of rotatable bonds is 5. The van der Waals surface area contributed by atoms with Crippen molar-refractivity contribution in [2.24, 2.45) is 0 Å². The zero-order chi connectivity index (χ0) is 13.1. The highest BCUT2D eigenvalue weighted by Gasteiger charge is 2.18. The fourth-order valence-corrected chi connectivity index (χ4v) is 2.07. The Morgan fingerprint density at radius 2 is 2.18 bits per heavy atom. The molecule has 0 aliphatic carbocycles. The Morgan fingerprint density at radius 3 is 2.65 bits per heavy atom. The van der Waals surface area contributed by atoms with Gasteiger partial charge in [0, 0.05) is 30.5 Å². The summed E-state index contributed by atoms with van der Waals surface area (Å²) >= 11 is 0. The van der Waals surface area contributed by atoms with Crippen molar-refractivity contribution in [1.82, 2.24) is 9.88 Å². The Balaban J connectivity index is 2.80. The Hall–Kier alpha value is -1.01. The number of nitrogens with one attached hydrogen (secondary N) is 1. The summed E-state index contributed by atoms with van der Waals surface area (Å²) in [7, 11) is 3.05. The number of aromatic amines is 1. The van der Waals surface area contributed by atoms with Crippen molar-refractivity contribution in [3.63, 3.8) is 0 Å². The molecule has 1 aromatic rings. The lowest BCUT2D eigenvalue weighted by Gasteiger charge is -2.15. The highest BCUT2D eigenvalue weighted by molar-refractivity contribution is 8.13. The number of nitrogens with zero attached hydrogens (tertiary/aromatic N) is 1. The Morgan fingerprint density at radius 1 is 1.53 bits per heavy atom. The number of amides is 1. The first-order valence-electron chi connectivity index (χ1n) is 5.24. The summed E-state index contributed by atoms with van der Waals surface area (Å²) in [6.45, 7) is 2.67. The Labute approximate surface area is 105 Å². The van der Waals surface area contributed by atoms with Crippen LogP contribution in [0.25, 0.3) is 0 Å². The van der Waals surface area contributed by atoms with E-state index in [1.165, 1.54) is 12.3 Å². The first kappa shape index (κ1) is 14.1. The van der Waals surface area contributed by atoms with Crippen molar-refractivity contribution in [2.45, 2.75) is 24.7 Å². The van der Waals surface area contributed by atoms with Crippen LogP contribution in [0.15, 0.2) is 17.2 Å². The lowest BCUT2D eigenvalue weighted by molar-refractivity contribution is 0.0788. The van der Waals surface area contributed by atoms with Gasteiger partial charge in [-0.25, -0.2) is 8.42 Å². The number of carbonyl (C=O) groups excluding carboxylic acids is 1. The largest absolute Gasteiger partial charge is 0.356 e. The third-order valence-electron chi connectivity index (χ3n) is 2.36. The molecule has 0 fully saturated rings. The van der Waals surface area contributed by atoms with E-state index in [2.05, 4.69) is 4.98 Å². The van der Waals surface area contributed by atoms with E-state index in [0.29, 0.717) is 6.54 Å². The van der Waals surface area contributed by atoms with E-state index in [4.69, 9.17) is 10.7 Å². The molecule has 1 aromatic heterocycles. The van der Waals surface area contributed by atoms with Gasteiger partial charge in [0.05, 0.1) is 0 Å². The Kier molecular flexibility index (Phi) is 4.59. The highest BCUT2D eigenvalue weighted by Crippen LogP contribution is 2.16. The molecule has 0 saturated heterocycles. The minimum atomic E-state index is -3.79. The lowest BCUT2D eigenvalue weighted by Crippen LogP contribution is -2.27. The van der Waals surface area contributed by atoms with Gasteiger partial charge in [0.25, 0.3) is 15.0 Å². The average Bonchev–Trinajstić information content (AvgIpc) is 2.73. The van der Waals surface area contributed by atoms with Gasteiger partial charge >= 0.3 is 0 Å². The van der Waals surface area contributed by atoms with Crippen LogP contribution in [0.3, 0.4) is 0 Å². The molecule has 96 valence electrons. The van der Waals surface area contributed by atoms with Crippen molar-refractivity contribution in [3.8, 4) is 0 Å². The second-order valence-electron chi connectivity index (χ2n) is 3.77. The predicted molar refractivity (Wildman–Crippen MR) is 65.7 cm³/mol. The molecule has 5 nitrogen and oxygen atoms in total. The van der Waals surface area contributed by atoms with Crippen molar-refractivity contribution < 1.29 is 13.2 Å². The van der Waals surface area contributed by atoms with E-state index < -0.39 is 9.05 Å². The molecule has 0 aliphatic rings. The van der Waals surface area contributed by atoms with Crippen LogP contribution in [0.4, 0.5) is 0 Å². The summed E-state index contributed by atoms with van der Waals surface area (Å²) in [5, 5.41) is 0. The number of hydrogen-bond acceptors (Lipinski definition) is 3. The fourth-order valence-electron chi connectivity index (χ4n) is 1.34. The minimum absolute atomic E-state index is 0.0913. The van der Waals surface area contributed by atoms with Crippen LogP contribution in [-0.2, 0) is 9.05 Å². The monoisotopic (exact) mass is 278 g/mol. The molecule has 1 amide bonds. The van der Waals surface area contributed by atoms with Crippen molar-refractivity contribution in [2.75, 3.05) is 13.6 Å². The van der Waals surface area contributed by atoms with Gasteiger partial charge in [-0.2, -0.15) is 0 Å². The molecule has 0 atom stereocenters. The molecular weight excluding hydrogens is 264 g/mol. The topological polar surface area (TPSA) is 70.2 Å². The van der Waals surface area contributed by atoms with Gasteiger partial charge in [0.1, 0.15) is 10.6 Å². The van der Waals surface area contributed by atoms with E-state index in [9.17, 15) is 13.2 Å². The molecular formula is C10H15ClN2O3S. The second-order valence-corrected chi connectivity index (χ2v) is 6.33. The molecule has 1 rings (SSSR count). The maximum atomic E-state index is 11.8. The van der Waals surface area contributed by atoms with Crippen LogP contribution in [0.5, 0.6) is 0 Å². The third-order valence-corrected chi connectivity index (χ3v) is 3.70. The van der Waals surface area contributed by atoms with E-state index >= 15 is 0 Å². The van der Waals surface area contributed by atoms with Gasteiger partial charge in [-0.05, 0) is 12.5 Å². The van der Waals surface area contributed by atoms with Crippen molar-refractivity contribution >= 4 is 25.6 Å². The van der Waals surface area contributed by atoms with Crippen LogP contribution >= 0.6 is 10.7 Å². The minimum Gasteiger partial charge on any atom is -0.356 e. The summed E-state index contributed by atoms with van der Waals surface area (Å²) in [5.74, 6) is -0.245. The number of H-pyrrole nitrogens is 1. The van der Waals surface area contributed by atoms with Gasteiger partial charge in [-0.1, -0.05) is 13.3 Å². The molecule has 0 saturated carbocycles. The zero-order valence-corrected chi connectivity index (χ0v) is 11.3. The predicted octanol–water partition coefficient (Wildman–Crippen LogP) is 1.81. The van der Waals surface area contributed by atoms with Crippen molar-refractivity contribution in [1.29, 1.82) is 0 Å². The van der Waals surface area contributed by atoms with Crippen LogP contribution < -0.4 is 0 Å². The molecule has 0 aliphatic heterocycles. The van der Waals surface area contributed by atoms with Gasteiger partial charge < -0.3 is 9.88 Å². The number of carbonyl (C=O) groups is 1. The number of halogens is 1. The summed E-state index contributed by atoms with van der Waals surface area (Å²) < 4.78 is 22.1. The standard InChI is InChI=1S/C10H15ClN2O3S/c1-3-4-5-13(2)10(14)9-6-8(7-12-9)17(11,15)16/h6-7,12H,3-5H2,1-2H3. The number of unbranched alkanes of at least 4 members (excludes halogenated alkanes) is 1. The Bertz CT molecular complexity index is 495.